The molecule has 0 spiro atoms. The van der Waals surface area contributed by atoms with Gasteiger partial charge < -0.3 is 14.6 Å². The van der Waals surface area contributed by atoms with E-state index in [1.807, 2.05) is 6.92 Å². The van der Waals surface area contributed by atoms with Gasteiger partial charge in [0.15, 0.2) is 5.25 Å². The van der Waals surface area contributed by atoms with Gasteiger partial charge in [-0.2, -0.15) is 8.42 Å². The summed E-state index contributed by atoms with van der Waals surface area (Å²) in [5, 5.41) is 8.48. The molecule has 0 aliphatic rings. The fraction of sp³-hybridized carbons (Fsp3) is 0.889. The number of aliphatic carboxylic acids is 1. The fourth-order valence-electron chi connectivity index (χ4n) is 2.79. The van der Waals surface area contributed by atoms with Gasteiger partial charge in [-0.3, -0.25) is 9.35 Å². The Kier molecular flexibility index (Phi) is 23.7. The molecule has 0 aromatic carbocycles. The predicted octanol–water partition coefficient (Wildman–Crippen LogP) is -3.37. The van der Waals surface area contributed by atoms with Crippen molar-refractivity contribution in [3.05, 3.63) is 0 Å². The molecule has 0 aliphatic heterocycles. The summed E-state index contributed by atoms with van der Waals surface area (Å²) in [6.45, 7) is 4.09. The van der Waals surface area contributed by atoms with Crippen molar-refractivity contribution in [3.63, 3.8) is 0 Å². The summed E-state index contributed by atoms with van der Waals surface area (Å²) in [6, 6.07) is 0. The Labute approximate surface area is 214 Å². The molecule has 0 radical (unpaired) electrons. The molecule has 0 heterocycles. The van der Waals surface area contributed by atoms with E-state index >= 15 is 0 Å². The van der Waals surface area contributed by atoms with E-state index in [0.29, 0.717) is 12.8 Å². The number of carboxylic acid groups (broad SMARTS) is 1. The number of hydrogen-bond acceptors (Lipinski definition) is 6. The summed E-state index contributed by atoms with van der Waals surface area (Å²) in [4.78, 5) is 22.6. The third-order valence-electron chi connectivity index (χ3n) is 4.25. The number of esters is 1. The van der Waals surface area contributed by atoms with Gasteiger partial charge in [0.05, 0.1) is 0 Å². The molecular weight excluding hydrogens is 406 g/mol. The second-order valence-corrected chi connectivity index (χ2v) is 8.29. The van der Waals surface area contributed by atoms with E-state index in [1.54, 1.807) is 0 Å². The van der Waals surface area contributed by atoms with Crippen LogP contribution >= 0.6 is 0 Å². The van der Waals surface area contributed by atoms with Gasteiger partial charge >= 0.3 is 65.1 Å². The van der Waals surface area contributed by atoms with E-state index in [2.05, 4.69) is 6.92 Å². The van der Waals surface area contributed by atoms with E-state index < -0.39 is 39.8 Å². The van der Waals surface area contributed by atoms with Crippen molar-refractivity contribution in [2.45, 2.75) is 102 Å². The van der Waals surface area contributed by atoms with Gasteiger partial charge in [0.2, 0.25) is 0 Å². The number of carbonyl (C=O) groups excluding carboxylic acids is 2. The average Bonchev–Trinajstić information content (AvgIpc) is 2.53. The second-order valence-electron chi connectivity index (χ2n) is 6.69. The van der Waals surface area contributed by atoms with Crippen molar-refractivity contribution < 1.29 is 91.5 Å². The van der Waals surface area contributed by atoms with E-state index in [0.717, 1.165) is 25.7 Å². The van der Waals surface area contributed by atoms with Gasteiger partial charge in [0, 0.05) is 12.4 Å². The van der Waals surface area contributed by atoms with Crippen molar-refractivity contribution >= 4 is 22.1 Å². The van der Waals surface area contributed by atoms with E-state index in [-0.39, 0.29) is 59.1 Å². The molecule has 0 bridgehead atoms. The largest absolute Gasteiger partial charge is 1.00 e. The maximum absolute atomic E-state index is 12.0. The van der Waals surface area contributed by atoms with Crippen LogP contribution < -0.4 is 64.2 Å². The molecule has 7 nitrogen and oxygen atoms in total. The summed E-state index contributed by atoms with van der Waals surface area (Å²) in [6.07, 6.45) is 9.39. The van der Waals surface area contributed by atoms with E-state index in [9.17, 15) is 23.1 Å². The predicted molar refractivity (Wildman–Crippen MR) is 97.0 cm³/mol. The van der Waals surface area contributed by atoms with Crippen LogP contribution in [0.15, 0.2) is 0 Å². The molecule has 154 valence electrons. The molecule has 0 saturated heterocycles. The minimum atomic E-state index is -4.86. The van der Waals surface area contributed by atoms with Crippen LogP contribution in [0.25, 0.3) is 0 Å². The van der Waals surface area contributed by atoms with Gasteiger partial charge in [-0.1, -0.05) is 65.2 Å². The zero-order valence-corrected chi connectivity index (χ0v) is 22.8. The minimum Gasteiger partial charge on any atom is -0.550 e. The topological polar surface area (TPSA) is 121 Å². The van der Waals surface area contributed by atoms with Crippen LogP contribution in [0.1, 0.15) is 90.9 Å². The number of hydrogen-bond donors (Lipinski definition) is 1. The maximum Gasteiger partial charge on any atom is 1.00 e. The molecule has 0 aromatic heterocycles. The van der Waals surface area contributed by atoms with Crippen molar-refractivity contribution in [2.75, 3.05) is 0 Å². The Morgan fingerprint density at radius 3 is 1.82 bits per heavy atom. The first-order valence-corrected chi connectivity index (χ1v) is 11.1. The summed E-state index contributed by atoms with van der Waals surface area (Å²) in [7, 11) is -4.86. The summed E-state index contributed by atoms with van der Waals surface area (Å²) >= 11 is 0. The van der Waals surface area contributed by atoms with E-state index in [4.69, 9.17) is 9.29 Å². The molecule has 0 aromatic rings. The van der Waals surface area contributed by atoms with Crippen molar-refractivity contribution in [2.24, 2.45) is 0 Å². The summed E-state index contributed by atoms with van der Waals surface area (Å²) in [5.41, 5.74) is 0. The molecule has 0 amide bonds. The Morgan fingerprint density at radius 1 is 0.893 bits per heavy atom. The quantitative estimate of drug-likeness (QED) is 0.115. The van der Waals surface area contributed by atoms with Crippen LogP contribution in [-0.4, -0.2) is 36.3 Å². The molecule has 2 unspecified atom stereocenters. The molecule has 1 N–H and O–H groups in total. The standard InChI is InChI=1S/C18H34O7S.2Na/c1-3-5-6-7-8-9-10-11-13-15(12-4-2)25-18(21)16(14-17(19)20)26(22,23)24;;/h15-16H,3-14H2,1-2H3,(H,19,20)(H,22,23,24);;/q;2*+1/p-1. The first-order chi connectivity index (χ1) is 12.2. The van der Waals surface area contributed by atoms with Gasteiger partial charge in [-0.25, -0.2) is 0 Å². The van der Waals surface area contributed by atoms with Crippen LogP contribution in [-0.2, 0) is 24.4 Å². The Bertz CT molecular complexity index is 512. The fourth-order valence-corrected chi connectivity index (χ4v) is 3.44. The summed E-state index contributed by atoms with van der Waals surface area (Å²) < 4.78 is 36.7. The molecule has 0 saturated carbocycles. The van der Waals surface area contributed by atoms with Gasteiger partial charge in [0.25, 0.3) is 10.1 Å². The average molecular weight is 440 g/mol. The number of carbonyl (C=O) groups is 2. The monoisotopic (exact) mass is 439 g/mol. The third-order valence-corrected chi connectivity index (χ3v) is 5.33. The summed E-state index contributed by atoms with van der Waals surface area (Å²) in [5.74, 6) is -2.96. The smallest absolute Gasteiger partial charge is 0.550 e. The zero-order valence-electron chi connectivity index (χ0n) is 17.9. The molecule has 0 aliphatic carbocycles. The molecular formula is C18H33Na2O7S+. The van der Waals surface area contributed by atoms with Crippen LogP contribution in [0.5, 0.6) is 0 Å². The normalized spacial score (nSPS) is 13.0. The van der Waals surface area contributed by atoms with Crippen LogP contribution in [0, 0.1) is 0 Å². The maximum atomic E-state index is 12.0. The van der Waals surface area contributed by atoms with Crippen LogP contribution in [0.3, 0.4) is 0 Å². The number of ether oxygens (including phenoxy) is 1. The van der Waals surface area contributed by atoms with Crippen LogP contribution in [0.2, 0.25) is 0 Å². The Morgan fingerprint density at radius 2 is 1.39 bits per heavy atom. The molecule has 0 fully saturated rings. The van der Waals surface area contributed by atoms with E-state index in [1.165, 1.54) is 32.1 Å². The van der Waals surface area contributed by atoms with Crippen LogP contribution in [0.4, 0.5) is 0 Å². The first-order valence-electron chi connectivity index (χ1n) is 9.58. The number of rotatable bonds is 16. The Balaban J connectivity index is -0.00000312. The molecule has 0 rings (SSSR count). The van der Waals surface area contributed by atoms with Gasteiger partial charge in [-0.15, -0.1) is 0 Å². The van der Waals surface area contributed by atoms with Crippen molar-refractivity contribution in [3.8, 4) is 0 Å². The number of unbranched alkanes of at least 4 members (excludes halogenated alkanes) is 7. The molecule has 2 atom stereocenters. The second kappa shape index (κ2) is 19.8. The van der Waals surface area contributed by atoms with Crippen molar-refractivity contribution in [1.82, 2.24) is 0 Å². The van der Waals surface area contributed by atoms with Gasteiger partial charge in [0.1, 0.15) is 6.10 Å². The minimum absolute atomic E-state index is 0. The van der Waals surface area contributed by atoms with Gasteiger partial charge in [-0.05, 0) is 19.3 Å². The molecule has 28 heavy (non-hydrogen) atoms. The van der Waals surface area contributed by atoms with Crippen molar-refractivity contribution in [1.29, 1.82) is 0 Å². The first kappa shape index (κ1) is 33.5. The Hall–Kier alpha value is 0.850. The SMILES string of the molecule is CCCCCCCCCCC(CCC)OC(=O)C(CC(=O)[O-])S(=O)(=O)O.[Na+].[Na+]. The molecule has 10 heteroatoms. The third kappa shape index (κ3) is 17.7. The number of carboxylic acids is 1. The zero-order chi connectivity index (χ0) is 20.0.